The summed E-state index contributed by atoms with van der Waals surface area (Å²) in [5, 5.41) is 25.0. The number of ketones is 3. The van der Waals surface area contributed by atoms with Crippen LogP contribution >= 0.6 is 0 Å². The van der Waals surface area contributed by atoms with E-state index in [1.54, 1.807) is 25.3 Å². The molecule has 5 aliphatic rings. The number of rotatable bonds is 1. The number of ether oxygens (including phenoxy) is 5. The smallest absolute Gasteiger partial charge is 0.312 e. The van der Waals surface area contributed by atoms with E-state index < -0.39 is 58.4 Å². The number of phenols is 1. The molecule has 7 bridgehead atoms. The maximum Gasteiger partial charge on any atom is 0.312 e. The number of phenolic OH excluding ortho intramolecular Hbond substituents is 1. The number of Topliss-reactive ketones (excluding diaryl/α,β-unsaturated/α-hetero) is 2. The number of aromatic hydroxyl groups is 1. The van der Waals surface area contributed by atoms with Crippen molar-refractivity contribution in [3.63, 3.8) is 0 Å². The quantitative estimate of drug-likeness (QED) is 0.368. The van der Waals surface area contributed by atoms with Crippen LogP contribution in [0.25, 0.3) is 0 Å². The van der Waals surface area contributed by atoms with Gasteiger partial charge in [-0.3, -0.25) is 19.2 Å². The van der Waals surface area contributed by atoms with E-state index in [0.717, 1.165) is 6.08 Å². The van der Waals surface area contributed by atoms with Crippen LogP contribution in [0.15, 0.2) is 47.9 Å². The maximum atomic E-state index is 13.9. The topological polar surface area (TPSA) is 167 Å². The molecule has 4 heterocycles. The van der Waals surface area contributed by atoms with Crippen molar-refractivity contribution in [2.24, 2.45) is 23.7 Å². The Morgan fingerprint density at radius 3 is 2.16 bits per heavy atom. The summed E-state index contributed by atoms with van der Waals surface area (Å²) in [7, 11) is 1.55. The number of aliphatic hydroxyl groups excluding tert-OH is 1. The lowest BCUT2D eigenvalue weighted by Crippen LogP contribution is -2.57. The predicted molar refractivity (Wildman–Crippen MR) is 182 cm³/mol. The van der Waals surface area contributed by atoms with Gasteiger partial charge in [-0.15, -0.1) is 0 Å². The molecule has 1 aromatic rings. The Labute approximate surface area is 292 Å². The highest BCUT2D eigenvalue weighted by Crippen LogP contribution is 2.48. The summed E-state index contributed by atoms with van der Waals surface area (Å²) in [6.07, 6.45) is 6.66. The molecule has 0 spiro atoms. The lowest BCUT2D eigenvalue weighted by Gasteiger charge is -2.50. The van der Waals surface area contributed by atoms with E-state index in [1.165, 1.54) is 33.1 Å². The van der Waals surface area contributed by atoms with E-state index >= 15 is 0 Å². The number of carbonyl (C=O) groups excluding carboxylic acids is 4. The van der Waals surface area contributed by atoms with Crippen LogP contribution in [0.1, 0.15) is 92.0 Å². The van der Waals surface area contributed by atoms with Gasteiger partial charge in [0.1, 0.15) is 11.5 Å². The third-order valence-electron chi connectivity index (χ3n) is 10.3. The minimum absolute atomic E-state index is 0.0561. The van der Waals surface area contributed by atoms with Gasteiger partial charge in [0.2, 0.25) is 5.78 Å². The molecule has 9 atom stereocenters. The normalized spacial score (nSPS) is 35.7. The lowest BCUT2D eigenvalue weighted by atomic mass is 9.77. The third kappa shape index (κ3) is 6.45. The van der Waals surface area contributed by atoms with Gasteiger partial charge in [-0.25, -0.2) is 0 Å². The zero-order chi connectivity index (χ0) is 37.0. The van der Waals surface area contributed by atoms with Gasteiger partial charge in [0, 0.05) is 54.9 Å². The van der Waals surface area contributed by atoms with E-state index in [1.807, 2.05) is 41.5 Å². The summed E-state index contributed by atoms with van der Waals surface area (Å²) in [5.41, 5.74) is -1.02. The van der Waals surface area contributed by atoms with Gasteiger partial charge >= 0.3 is 5.79 Å². The number of fused-ring (bicyclic) bond motifs is 10. The molecule has 0 saturated carbocycles. The second-order valence-electron chi connectivity index (χ2n) is 14.4. The Hall–Kier alpha value is -4.10. The molecule has 6 rings (SSSR count). The third-order valence-corrected chi connectivity index (χ3v) is 10.3. The minimum atomic E-state index is -1.95. The standard InChI is InChI=1S/C38H47NO11/c1-17-12-11-13-18(2)36(45)39-23-16-24(40)26-27(31(23)43)30(42)21(5)34-28(26)35(44)38(9,50-34)47-15-14-25(46-10)19(3)32-22(6)33(20(4)29(17)41)49-37(7,8)48-32/h11-17,19-20,22,25,29,32-33,41-42H,1-10H3,(H,39,45)/b12-11-,15-14-,18-13?. The Morgan fingerprint density at radius 2 is 1.52 bits per heavy atom. The van der Waals surface area contributed by atoms with Crippen molar-refractivity contribution in [1.82, 2.24) is 5.32 Å². The van der Waals surface area contributed by atoms with E-state index in [-0.39, 0.29) is 69.6 Å². The van der Waals surface area contributed by atoms with Crippen LogP contribution in [-0.2, 0) is 23.7 Å². The number of benzene rings is 1. The molecule has 0 aromatic heterocycles. The van der Waals surface area contributed by atoms with Crippen molar-refractivity contribution in [2.45, 2.75) is 98.3 Å². The van der Waals surface area contributed by atoms with Crippen molar-refractivity contribution in [3.8, 4) is 11.5 Å². The first kappa shape index (κ1) is 37.2. The van der Waals surface area contributed by atoms with Crippen LogP contribution in [0.5, 0.6) is 11.5 Å². The van der Waals surface area contributed by atoms with E-state index in [9.17, 15) is 29.4 Å². The Bertz CT molecular complexity index is 1740. The van der Waals surface area contributed by atoms with Gasteiger partial charge in [0.05, 0.1) is 53.1 Å². The number of nitrogens with one attached hydrogen (secondary N) is 1. The first-order valence-electron chi connectivity index (χ1n) is 16.8. The number of methoxy groups -OCH3 is 1. The summed E-state index contributed by atoms with van der Waals surface area (Å²) in [6.45, 7) is 15.8. The number of carbonyl (C=O) groups is 4. The molecule has 1 fully saturated rings. The van der Waals surface area contributed by atoms with Crippen molar-refractivity contribution < 1.29 is 53.1 Å². The molecular formula is C38H47NO11. The van der Waals surface area contributed by atoms with Gasteiger partial charge in [-0.05, 0) is 33.8 Å². The number of allylic oxidation sites excluding steroid dienone is 4. The molecule has 9 unspecified atom stereocenters. The fraction of sp³-hybridized carbons (Fsp3) is 0.526. The number of aliphatic hydroxyl groups is 1. The van der Waals surface area contributed by atoms with E-state index in [2.05, 4.69) is 5.32 Å². The zero-order valence-electron chi connectivity index (χ0n) is 30.2. The lowest BCUT2D eigenvalue weighted by molar-refractivity contribution is -0.341. The van der Waals surface area contributed by atoms with Crippen LogP contribution < -0.4 is 10.1 Å². The van der Waals surface area contributed by atoms with Crippen molar-refractivity contribution in [1.29, 1.82) is 0 Å². The van der Waals surface area contributed by atoms with E-state index in [0.29, 0.717) is 0 Å². The van der Waals surface area contributed by atoms with Gasteiger partial charge in [-0.2, -0.15) is 0 Å². The predicted octanol–water partition coefficient (Wildman–Crippen LogP) is 4.86. The molecule has 4 aliphatic heterocycles. The summed E-state index contributed by atoms with van der Waals surface area (Å²) in [5.74, 6) is -7.64. The van der Waals surface area contributed by atoms with Gasteiger partial charge in [0.25, 0.3) is 11.7 Å². The van der Waals surface area contributed by atoms with Crippen LogP contribution in [0, 0.1) is 30.6 Å². The molecule has 0 radical (unpaired) electrons. The summed E-state index contributed by atoms with van der Waals surface area (Å²) < 4.78 is 30.6. The molecule has 3 N–H and O–H groups in total. The van der Waals surface area contributed by atoms with Crippen LogP contribution in [0.2, 0.25) is 0 Å². The Kier molecular flexibility index (Phi) is 10.1. The van der Waals surface area contributed by atoms with Crippen molar-refractivity contribution >= 4 is 23.3 Å². The molecule has 12 heteroatoms. The number of hydrogen-bond donors (Lipinski definition) is 3. The largest absolute Gasteiger partial charge is 0.507 e. The average molecular weight is 694 g/mol. The molecule has 1 aliphatic carbocycles. The monoisotopic (exact) mass is 693 g/mol. The first-order valence-corrected chi connectivity index (χ1v) is 16.8. The summed E-state index contributed by atoms with van der Waals surface area (Å²) in [6, 6.07) is 0. The highest BCUT2D eigenvalue weighted by atomic mass is 16.7. The molecule has 12 nitrogen and oxygen atoms in total. The molecule has 1 aromatic carbocycles. The Balaban J connectivity index is 1.59. The summed E-state index contributed by atoms with van der Waals surface area (Å²) in [4.78, 5) is 54.2. The molecule has 270 valence electrons. The first-order chi connectivity index (χ1) is 23.3. The number of amides is 1. The van der Waals surface area contributed by atoms with Crippen molar-refractivity contribution in [2.75, 3.05) is 7.11 Å². The van der Waals surface area contributed by atoms with Gasteiger partial charge < -0.3 is 39.2 Å². The van der Waals surface area contributed by atoms with Crippen LogP contribution in [0.4, 0.5) is 0 Å². The highest BCUT2D eigenvalue weighted by molar-refractivity contribution is 6.30. The molecule has 50 heavy (non-hydrogen) atoms. The minimum Gasteiger partial charge on any atom is -0.507 e. The molecular weight excluding hydrogens is 646 g/mol. The Morgan fingerprint density at radius 1 is 0.880 bits per heavy atom. The number of hydrogen-bond acceptors (Lipinski definition) is 11. The average Bonchev–Trinajstić information content (AvgIpc) is 3.32. The maximum absolute atomic E-state index is 13.9. The van der Waals surface area contributed by atoms with Crippen molar-refractivity contribution in [3.05, 3.63) is 70.2 Å². The van der Waals surface area contributed by atoms with Gasteiger partial charge in [0.15, 0.2) is 11.6 Å². The second kappa shape index (κ2) is 13.6. The SMILES string of the molecule is COC1/C=C\OC2(C)Oc3c(C)c(O)c4c(c3C2=O)C(=O)C=C(NC(=O)C(C)=C/C=C\C(C)C(O)C(C)C2OC(C)(C)OC(C1C)C2C)C4=O. The van der Waals surface area contributed by atoms with E-state index in [4.69, 9.17) is 23.7 Å². The molecule has 1 amide bonds. The fourth-order valence-corrected chi connectivity index (χ4v) is 7.31. The second-order valence-corrected chi connectivity index (χ2v) is 14.4. The van der Waals surface area contributed by atoms with Crippen LogP contribution in [0.3, 0.4) is 0 Å². The van der Waals surface area contributed by atoms with Gasteiger partial charge in [-0.1, -0.05) is 45.9 Å². The zero-order valence-corrected chi connectivity index (χ0v) is 30.2. The highest BCUT2D eigenvalue weighted by Gasteiger charge is 2.52. The fourth-order valence-electron chi connectivity index (χ4n) is 7.31. The summed E-state index contributed by atoms with van der Waals surface area (Å²) >= 11 is 0. The molecule has 1 saturated heterocycles. The van der Waals surface area contributed by atoms with Crippen LogP contribution in [-0.4, -0.2) is 76.6 Å².